The van der Waals surface area contributed by atoms with E-state index in [1.54, 1.807) is 66.7 Å². The van der Waals surface area contributed by atoms with Gasteiger partial charge >= 0.3 is 0 Å². The molecule has 0 spiro atoms. The van der Waals surface area contributed by atoms with E-state index in [0.717, 1.165) is 12.8 Å². The predicted octanol–water partition coefficient (Wildman–Crippen LogP) is 4.45. The Balaban J connectivity index is 1.26. The zero-order valence-corrected chi connectivity index (χ0v) is 19.8. The van der Waals surface area contributed by atoms with E-state index in [1.807, 2.05) is 0 Å². The molecule has 1 fully saturated rings. The van der Waals surface area contributed by atoms with Gasteiger partial charge in [0, 0.05) is 11.3 Å². The summed E-state index contributed by atoms with van der Waals surface area (Å²) < 4.78 is 25.8. The van der Waals surface area contributed by atoms with Crippen LogP contribution in [0.4, 0.5) is 5.69 Å². The molecule has 3 aromatic carbocycles. The van der Waals surface area contributed by atoms with Gasteiger partial charge < -0.3 is 5.32 Å². The molecule has 1 saturated carbocycles. The van der Waals surface area contributed by atoms with Crippen molar-refractivity contribution >= 4 is 33.2 Å². The molecular weight excluding hydrogens is 464 g/mol. The lowest BCUT2D eigenvalue weighted by Gasteiger charge is -2.14. The molecule has 0 aromatic heterocycles. The van der Waals surface area contributed by atoms with Gasteiger partial charge in [-0.05, 0) is 60.9 Å². The fourth-order valence-corrected chi connectivity index (χ4v) is 6.57. The van der Waals surface area contributed by atoms with Gasteiger partial charge in [-0.3, -0.25) is 19.3 Å². The van der Waals surface area contributed by atoms with Gasteiger partial charge in [-0.2, -0.15) is 0 Å². The molecule has 0 bridgehead atoms. The summed E-state index contributed by atoms with van der Waals surface area (Å²) in [6, 6.07) is 19.7. The number of carbonyl (C=O) groups excluding carboxylic acids is 3. The molecule has 35 heavy (non-hydrogen) atoms. The average molecular weight is 489 g/mol. The van der Waals surface area contributed by atoms with Gasteiger partial charge in [0.05, 0.1) is 27.8 Å². The van der Waals surface area contributed by atoms with Gasteiger partial charge in [0.1, 0.15) is 0 Å². The molecule has 3 aromatic rings. The van der Waals surface area contributed by atoms with Crippen molar-refractivity contribution in [1.82, 2.24) is 4.90 Å². The zero-order chi connectivity index (χ0) is 24.6. The summed E-state index contributed by atoms with van der Waals surface area (Å²) >= 11 is 0. The Morgan fingerprint density at radius 3 is 2.11 bits per heavy atom. The van der Waals surface area contributed by atoms with Crippen LogP contribution in [0.15, 0.2) is 77.7 Å². The highest BCUT2D eigenvalue weighted by Crippen LogP contribution is 2.30. The largest absolute Gasteiger partial charge is 0.322 e. The van der Waals surface area contributed by atoms with Crippen LogP contribution in [0.3, 0.4) is 0 Å². The summed E-state index contributed by atoms with van der Waals surface area (Å²) in [5.41, 5.74) is 2.28. The van der Waals surface area contributed by atoms with Crippen molar-refractivity contribution < 1.29 is 22.8 Å². The average Bonchev–Trinajstić information content (AvgIpc) is 3.50. The standard InChI is InChI=1S/C27H24N2O5S/c30-25(28-20-6-5-9-22(16-20)35(33,34)21-7-1-2-8-21)19-14-12-18(13-15-19)17-29-26(31)23-10-3-4-11-24(23)27(29)32/h3-6,9-16,21H,1-2,7-8,17H2,(H,28,30). The first kappa shape index (κ1) is 23.0. The Kier molecular flexibility index (Phi) is 5.98. The number of nitrogens with zero attached hydrogens (tertiary/aromatic N) is 1. The molecule has 1 heterocycles. The normalized spacial score (nSPS) is 15.9. The van der Waals surface area contributed by atoms with Gasteiger partial charge in [-0.25, -0.2) is 8.42 Å². The van der Waals surface area contributed by atoms with Crippen LogP contribution in [0.25, 0.3) is 0 Å². The molecule has 178 valence electrons. The quantitative estimate of drug-likeness (QED) is 0.517. The van der Waals surface area contributed by atoms with E-state index in [4.69, 9.17) is 0 Å². The van der Waals surface area contributed by atoms with Crippen molar-refractivity contribution in [1.29, 1.82) is 0 Å². The predicted molar refractivity (Wildman–Crippen MR) is 131 cm³/mol. The smallest absolute Gasteiger partial charge is 0.261 e. The molecule has 5 rings (SSSR count). The minimum atomic E-state index is -3.42. The number of sulfone groups is 1. The minimum absolute atomic E-state index is 0.106. The molecule has 1 N–H and O–H groups in total. The highest BCUT2D eigenvalue weighted by atomic mass is 32.2. The van der Waals surface area contributed by atoms with Gasteiger partial charge in [-0.15, -0.1) is 0 Å². The van der Waals surface area contributed by atoms with Crippen LogP contribution in [0.1, 0.15) is 62.3 Å². The number of hydrogen-bond donors (Lipinski definition) is 1. The van der Waals surface area contributed by atoms with E-state index in [9.17, 15) is 22.8 Å². The molecule has 2 aliphatic rings. The van der Waals surface area contributed by atoms with E-state index in [-0.39, 0.29) is 34.4 Å². The number of carbonyl (C=O) groups is 3. The van der Waals surface area contributed by atoms with E-state index < -0.39 is 9.84 Å². The molecule has 1 aliphatic heterocycles. The number of anilines is 1. The van der Waals surface area contributed by atoms with Gasteiger partial charge in [0.25, 0.3) is 17.7 Å². The Hall–Kier alpha value is -3.78. The second-order valence-corrected chi connectivity index (χ2v) is 11.1. The first-order valence-corrected chi connectivity index (χ1v) is 13.1. The molecule has 0 unspecified atom stereocenters. The van der Waals surface area contributed by atoms with Crippen molar-refractivity contribution in [2.45, 2.75) is 42.4 Å². The third-order valence-corrected chi connectivity index (χ3v) is 8.86. The molecule has 3 amide bonds. The van der Waals surface area contributed by atoms with E-state index >= 15 is 0 Å². The van der Waals surface area contributed by atoms with Crippen LogP contribution >= 0.6 is 0 Å². The maximum Gasteiger partial charge on any atom is 0.261 e. The van der Waals surface area contributed by atoms with Gasteiger partial charge in [0.2, 0.25) is 0 Å². The lowest BCUT2D eigenvalue weighted by Crippen LogP contribution is -2.29. The Morgan fingerprint density at radius 1 is 0.857 bits per heavy atom. The lowest BCUT2D eigenvalue weighted by molar-refractivity contribution is 0.0642. The summed E-state index contributed by atoms with van der Waals surface area (Å²) in [5, 5.41) is 2.40. The maximum atomic E-state index is 12.9. The first-order chi connectivity index (χ1) is 16.8. The fraction of sp³-hybridized carbons (Fsp3) is 0.222. The second-order valence-electron chi connectivity index (χ2n) is 8.87. The maximum absolute atomic E-state index is 12.9. The zero-order valence-electron chi connectivity index (χ0n) is 18.9. The summed E-state index contributed by atoms with van der Waals surface area (Å²) in [6.45, 7) is 0.106. The third-order valence-electron chi connectivity index (χ3n) is 6.60. The molecule has 0 radical (unpaired) electrons. The lowest BCUT2D eigenvalue weighted by atomic mass is 10.1. The third kappa shape index (κ3) is 4.37. The van der Waals surface area contributed by atoms with Crippen molar-refractivity contribution in [2.75, 3.05) is 5.32 Å². The molecule has 0 atom stereocenters. The molecule has 7 nitrogen and oxygen atoms in total. The SMILES string of the molecule is O=C(Nc1cccc(S(=O)(=O)C2CCCC2)c1)c1ccc(CN2C(=O)c3ccccc3C2=O)cc1. The van der Waals surface area contributed by atoms with E-state index in [0.29, 0.717) is 40.8 Å². The van der Waals surface area contributed by atoms with Gasteiger partial charge in [-0.1, -0.05) is 43.2 Å². The number of nitrogens with one attached hydrogen (secondary N) is 1. The van der Waals surface area contributed by atoms with Crippen molar-refractivity contribution in [3.63, 3.8) is 0 Å². The Morgan fingerprint density at radius 2 is 1.49 bits per heavy atom. The van der Waals surface area contributed by atoms with E-state index in [1.165, 1.54) is 11.0 Å². The van der Waals surface area contributed by atoms with Crippen molar-refractivity contribution in [3.8, 4) is 0 Å². The molecule has 1 aliphatic carbocycles. The number of benzene rings is 3. The first-order valence-electron chi connectivity index (χ1n) is 11.5. The number of hydrogen-bond acceptors (Lipinski definition) is 5. The molecular formula is C27H24N2O5S. The summed E-state index contributed by atoms with van der Waals surface area (Å²) in [4.78, 5) is 39.3. The summed E-state index contributed by atoms with van der Waals surface area (Å²) in [6.07, 6.45) is 3.19. The van der Waals surface area contributed by atoms with Crippen LogP contribution in [0, 0.1) is 0 Å². The minimum Gasteiger partial charge on any atom is -0.322 e. The number of imide groups is 1. The van der Waals surface area contributed by atoms with Crippen LogP contribution in [0.2, 0.25) is 0 Å². The number of fused-ring (bicyclic) bond motifs is 1. The van der Waals surface area contributed by atoms with Crippen LogP contribution < -0.4 is 5.32 Å². The van der Waals surface area contributed by atoms with Gasteiger partial charge in [0.15, 0.2) is 9.84 Å². The fourth-order valence-electron chi connectivity index (χ4n) is 4.67. The van der Waals surface area contributed by atoms with Crippen LogP contribution in [0.5, 0.6) is 0 Å². The highest BCUT2D eigenvalue weighted by molar-refractivity contribution is 7.92. The summed E-state index contributed by atoms with van der Waals surface area (Å²) in [7, 11) is -3.42. The molecule has 8 heteroatoms. The van der Waals surface area contributed by atoms with E-state index in [2.05, 4.69) is 5.32 Å². The Labute approximate surface area is 203 Å². The monoisotopic (exact) mass is 488 g/mol. The number of rotatable bonds is 6. The van der Waals surface area contributed by atoms with Crippen LogP contribution in [-0.2, 0) is 16.4 Å². The topological polar surface area (TPSA) is 101 Å². The molecule has 0 saturated heterocycles. The number of amides is 3. The highest BCUT2D eigenvalue weighted by Gasteiger charge is 2.35. The summed E-state index contributed by atoms with van der Waals surface area (Å²) in [5.74, 6) is -1.05. The second kappa shape index (κ2) is 9.11. The van der Waals surface area contributed by atoms with Crippen LogP contribution in [-0.4, -0.2) is 36.3 Å². The van der Waals surface area contributed by atoms with Crippen molar-refractivity contribution in [3.05, 3.63) is 95.1 Å². The Bertz CT molecular complexity index is 1390. The van der Waals surface area contributed by atoms with Crippen molar-refractivity contribution in [2.24, 2.45) is 0 Å².